The van der Waals surface area contributed by atoms with Gasteiger partial charge >= 0.3 is 5.97 Å². The topological polar surface area (TPSA) is 92.7 Å². The number of hydrogen-bond donors (Lipinski definition) is 2. The Labute approximate surface area is 110 Å². The van der Waals surface area contributed by atoms with Gasteiger partial charge in [-0.05, 0) is 17.4 Å². The van der Waals surface area contributed by atoms with Gasteiger partial charge in [-0.25, -0.2) is 8.42 Å². The van der Waals surface area contributed by atoms with Crippen LogP contribution in [0.25, 0.3) is 0 Å². The molecular formula is C10H15NO5S2. The van der Waals surface area contributed by atoms with E-state index >= 15 is 0 Å². The van der Waals surface area contributed by atoms with Crippen molar-refractivity contribution in [1.29, 1.82) is 0 Å². The lowest BCUT2D eigenvalue weighted by Gasteiger charge is -2.17. The van der Waals surface area contributed by atoms with Gasteiger partial charge in [-0.15, -0.1) is 11.3 Å². The van der Waals surface area contributed by atoms with Crippen molar-refractivity contribution in [2.24, 2.45) is 5.92 Å². The molecule has 18 heavy (non-hydrogen) atoms. The molecule has 0 aliphatic carbocycles. The quantitative estimate of drug-likeness (QED) is 0.820. The van der Waals surface area contributed by atoms with Crippen LogP contribution in [-0.2, 0) is 14.8 Å². The molecule has 0 saturated heterocycles. The van der Waals surface area contributed by atoms with Crippen molar-refractivity contribution in [2.45, 2.75) is 24.1 Å². The number of methoxy groups -OCH3 is 1. The number of hydrogen-bond acceptors (Lipinski definition) is 5. The van der Waals surface area contributed by atoms with Crippen molar-refractivity contribution in [3.05, 3.63) is 11.4 Å². The van der Waals surface area contributed by atoms with Gasteiger partial charge in [-0.3, -0.25) is 4.79 Å². The third-order valence-corrected chi connectivity index (χ3v) is 5.16. The van der Waals surface area contributed by atoms with Gasteiger partial charge in [0.2, 0.25) is 0 Å². The predicted molar refractivity (Wildman–Crippen MR) is 67.5 cm³/mol. The van der Waals surface area contributed by atoms with Gasteiger partial charge < -0.3 is 9.84 Å². The fourth-order valence-corrected chi connectivity index (χ4v) is 3.95. The molecule has 1 aromatic heterocycles. The number of aliphatic carboxylic acids is 1. The Morgan fingerprint density at radius 2 is 2.11 bits per heavy atom. The first-order valence-corrected chi connectivity index (χ1v) is 7.52. The Bertz CT molecular complexity index is 520. The fourth-order valence-electron chi connectivity index (χ4n) is 1.32. The van der Waals surface area contributed by atoms with E-state index in [1.54, 1.807) is 19.2 Å². The summed E-state index contributed by atoms with van der Waals surface area (Å²) in [7, 11) is -2.53. The summed E-state index contributed by atoms with van der Waals surface area (Å²) in [6, 6.07) is 0.353. The Kier molecular flexibility index (Phi) is 4.71. The molecule has 0 amide bonds. The number of ether oxygens (including phenoxy) is 1. The van der Waals surface area contributed by atoms with Gasteiger partial charge in [0.1, 0.15) is 11.8 Å². The van der Waals surface area contributed by atoms with Crippen molar-refractivity contribution in [3.63, 3.8) is 0 Å². The second kappa shape index (κ2) is 5.68. The van der Waals surface area contributed by atoms with Gasteiger partial charge in [0.05, 0.1) is 7.11 Å². The second-order valence-electron chi connectivity index (χ2n) is 3.96. The van der Waals surface area contributed by atoms with E-state index in [0.717, 1.165) is 11.3 Å². The number of carboxylic acid groups (broad SMARTS) is 1. The van der Waals surface area contributed by atoms with Gasteiger partial charge in [0.25, 0.3) is 10.0 Å². The Hall–Kier alpha value is -1.12. The fraction of sp³-hybridized carbons (Fsp3) is 0.500. The summed E-state index contributed by atoms with van der Waals surface area (Å²) in [6.45, 7) is 3.26. The molecule has 0 aromatic carbocycles. The van der Waals surface area contributed by atoms with Crippen LogP contribution in [0.5, 0.6) is 5.75 Å². The number of carbonyl (C=O) groups is 1. The van der Waals surface area contributed by atoms with Crippen molar-refractivity contribution in [2.75, 3.05) is 7.11 Å². The molecule has 0 aliphatic rings. The Morgan fingerprint density at radius 3 is 2.56 bits per heavy atom. The van der Waals surface area contributed by atoms with Crippen molar-refractivity contribution < 1.29 is 23.1 Å². The van der Waals surface area contributed by atoms with Crippen LogP contribution in [0.1, 0.15) is 13.8 Å². The summed E-state index contributed by atoms with van der Waals surface area (Å²) in [4.78, 5) is 11.0. The normalized spacial score (nSPS) is 13.6. The number of sulfonamides is 1. The minimum atomic E-state index is -3.89. The molecule has 0 radical (unpaired) electrons. The van der Waals surface area contributed by atoms with Crippen LogP contribution in [0.3, 0.4) is 0 Å². The third kappa shape index (κ3) is 3.21. The van der Waals surface area contributed by atoms with Crippen LogP contribution in [-0.4, -0.2) is 32.6 Å². The highest BCUT2D eigenvalue weighted by Crippen LogP contribution is 2.29. The number of rotatable bonds is 6. The zero-order valence-corrected chi connectivity index (χ0v) is 11.8. The molecule has 0 saturated carbocycles. The molecule has 1 rings (SSSR count). The molecule has 2 N–H and O–H groups in total. The van der Waals surface area contributed by atoms with Crippen LogP contribution in [0.4, 0.5) is 0 Å². The SMILES string of the molecule is COc1ccsc1S(=O)(=O)N[C@@H](C(=O)O)C(C)C. The molecule has 6 nitrogen and oxygen atoms in total. The molecular weight excluding hydrogens is 278 g/mol. The summed E-state index contributed by atoms with van der Waals surface area (Å²) in [5.74, 6) is -1.35. The summed E-state index contributed by atoms with van der Waals surface area (Å²) in [5, 5.41) is 10.5. The maximum atomic E-state index is 12.0. The third-order valence-electron chi connectivity index (χ3n) is 2.27. The molecule has 0 spiro atoms. The zero-order valence-electron chi connectivity index (χ0n) is 10.2. The van der Waals surface area contributed by atoms with Crippen LogP contribution in [0.15, 0.2) is 15.7 Å². The molecule has 102 valence electrons. The largest absolute Gasteiger partial charge is 0.494 e. The van der Waals surface area contributed by atoms with Crippen molar-refractivity contribution >= 4 is 27.3 Å². The van der Waals surface area contributed by atoms with E-state index in [2.05, 4.69) is 4.72 Å². The number of carboxylic acids is 1. The van der Waals surface area contributed by atoms with Gasteiger partial charge in [0.15, 0.2) is 4.21 Å². The molecule has 0 bridgehead atoms. The molecule has 1 aromatic rings. The first kappa shape index (κ1) is 14.9. The van der Waals surface area contributed by atoms with Crippen LogP contribution in [0.2, 0.25) is 0 Å². The summed E-state index contributed by atoms with van der Waals surface area (Å²) < 4.78 is 31.2. The van der Waals surface area contributed by atoms with E-state index in [9.17, 15) is 13.2 Å². The predicted octanol–water partition coefficient (Wildman–Crippen LogP) is 1.14. The minimum Gasteiger partial charge on any atom is -0.494 e. The van der Waals surface area contributed by atoms with Gasteiger partial charge in [-0.2, -0.15) is 4.72 Å². The second-order valence-corrected chi connectivity index (χ2v) is 6.78. The highest BCUT2D eigenvalue weighted by Gasteiger charge is 2.30. The summed E-state index contributed by atoms with van der Waals surface area (Å²) in [6.07, 6.45) is 0. The van der Waals surface area contributed by atoms with Gasteiger partial charge in [0, 0.05) is 0 Å². The minimum absolute atomic E-state index is 0.0168. The standard InChI is InChI=1S/C10H15NO5S2/c1-6(2)8(9(12)13)11-18(14,15)10-7(16-3)4-5-17-10/h4-6,8,11H,1-3H3,(H,12,13)/t8-/m1/s1. The first-order valence-electron chi connectivity index (χ1n) is 5.16. The average molecular weight is 293 g/mol. The first-order chi connectivity index (χ1) is 8.29. The van der Waals surface area contributed by atoms with Crippen molar-refractivity contribution in [1.82, 2.24) is 4.72 Å². The van der Waals surface area contributed by atoms with E-state index < -0.39 is 22.0 Å². The van der Waals surface area contributed by atoms with E-state index in [4.69, 9.17) is 9.84 Å². The average Bonchev–Trinajstić information content (AvgIpc) is 2.73. The number of thiophene rings is 1. The highest BCUT2D eigenvalue weighted by molar-refractivity contribution is 7.91. The van der Waals surface area contributed by atoms with Crippen molar-refractivity contribution in [3.8, 4) is 5.75 Å². The lowest BCUT2D eigenvalue weighted by molar-refractivity contribution is -0.140. The molecule has 0 aliphatic heterocycles. The molecule has 1 heterocycles. The molecule has 8 heteroatoms. The maximum Gasteiger partial charge on any atom is 0.322 e. The van der Waals surface area contributed by atoms with Crippen LogP contribution < -0.4 is 9.46 Å². The monoisotopic (exact) mass is 293 g/mol. The number of nitrogens with one attached hydrogen (secondary N) is 1. The van der Waals surface area contributed by atoms with E-state index in [-0.39, 0.29) is 15.9 Å². The molecule has 1 atom stereocenters. The van der Waals surface area contributed by atoms with Gasteiger partial charge in [-0.1, -0.05) is 13.8 Å². The summed E-state index contributed by atoms with van der Waals surface area (Å²) >= 11 is 0.978. The highest BCUT2D eigenvalue weighted by atomic mass is 32.2. The molecule has 0 unspecified atom stereocenters. The molecule has 0 fully saturated rings. The van der Waals surface area contributed by atoms with E-state index in [1.165, 1.54) is 13.2 Å². The van der Waals surface area contributed by atoms with Crippen LogP contribution in [0, 0.1) is 5.92 Å². The lowest BCUT2D eigenvalue weighted by atomic mass is 10.1. The smallest absolute Gasteiger partial charge is 0.322 e. The Balaban J connectivity index is 3.05. The van der Waals surface area contributed by atoms with Crippen LogP contribution >= 0.6 is 11.3 Å². The zero-order chi connectivity index (χ0) is 13.9. The lowest BCUT2D eigenvalue weighted by Crippen LogP contribution is -2.44. The summed E-state index contributed by atoms with van der Waals surface area (Å²) in [5.41, 5.74) is 0. The van der Waals surface area contributed by atoms with E-state index in [0.29, 0.717) is 0 Å². The maximum absolute atomic E-state index is 12.0. The Morgan fingerprint density at radius 1 is 1.50 bits per heavy atom. The van der Waals surface area contributed by atoms with E-state index in [1.807, 2.05) is 0 Å².